The average Bonchev–Trinajstić information content (AvgIpc) is 2.11. The summed E-state index contributed by atoms with van der Waals surface area (Å²) >= 11 is 0. The molecular weight excluding hydrogens is 194 g/mol. The van der Waals surface area contributed by atoms with Gasteiger partial charge in [-0.3, -0.25) is 0 Å². The third-order valence-corrected chi connectivity index (χ3v) is 5.03. The summed E-state index contributed by atoms with van der Waals surface area (Å²) < 4.78 is 0. The van der Waals surface area contributed by atoms with Gasteiger partial charge in [0, 0.05) is 12.1 Å². The van der Waals surface area contributed by atoms with Gasteiger partial charge in [0.25, 0.3) is 0 Å². The summed E-state index contributed by atoms with van der Waals surface area (Å²) in [6.07, 6.45) is 9.10. The molecule has 16 heavy (non-hydrogen) atoms. The van der Waals surface area contributed by atoms with Crippen LogP contribution in [0.5, 0.6) is 0 Å². The van der Waals surface area contributed by atoms with E-state index in [9.17, 15) is 0 Å². The summed E-state index contributed by atoms with van der Waals surface area (Å²) in [6, 6.07) is 0. The lowest BCUT2D eigenvalue weighted by atomic mass is 9.53. The van der Waals surface area contributed by atoms with Crippen LogP contribution in [-0.2, 0) is 0 Å². The van der Waals surface area contributed by atoms with Gasteiger partial charge in [0.15, 0.2) is 0 Å². The zero-order chi connectivity index (χ0) is 11.4. The summed E-state index contributed by atoms with van der Waals surface area (Å²) in [5.41, 5.74) is 0.991. The predicted molar refractivity (Wildman–Crippen MR) is 68.4 cm³/mol. The molecule has 4 aliphatic rings. The van der Waals surface area contributed by atoms with Crippen LogP contribution >= 0.6 is 0 Å². The number of hydrogen-bond acceptors (Lipinski definition) is 1. The molecule has 0 atom stereocenters. The normalized spacial score (nSPS) is 46.3. The molecular formula is C15H27N. The molecule has 0 unspecified atom stereocenters. The third-order valence-electron chi connectivity index (χ3n) is 5.03. The Morgan fingerprint density at radius 3 is 1.75 bits per heavy atom. The van der Waals surface area contributed by atoms with Crippen LogP contribution in [0.15, 0.2) is 0 Å². The fourth-order valence-electron chi connectivity index (χ4n) is 4.78. The molecule has 4 fully saturated rings. The molecule has 92 valence electrons. The van der Waals surface area contributed by atoms with Gasteiger partial charge in [0.2, 0.25) is 0 Å². The molecule has 0 saturated heterocycles. The van der Waals surface area contributed by atoms with Crippen LogP contribution in [0, 0.1) is 23.2 Å². The van der Waals surface area contributed by atoms with Crippen LogP contribution in [0.3, 0.4) is 0 Å². The van der Waals surface area contributed by atoms with Gasteiger partial charge in [-0.05, 0) is 61.7 Å². The minimum absolute atomic E-state index is 0.434. The van der Waals surface area contributed by atoms with Crippen molar-refractivity contribution in [3.05, 3.63) is 0 Å². The van der Waals surface area contributed by atoms with E-state index >= 15 is 0 Å². The Labute approximate surface area is 100 Å². The summed E-state index contributed by atoms with van der Waals surface area (Å²) in [6.45, 7) is 8.24. The third kappa shape index (κ3) is 2.03. The molecule has 0 aliphatic heterocycles. The minimum Gasteiger partial charge on any atom is -0.311 e. The highest BCUT2D eigenvalue weighted by molar-refractivity contribution is 5.06. The molecule has 1 heteroatoms. The maximum atomic E-state index is 3.97. The van der Waals surface area contributed by atoms with Gasteiger partial charge in [-0.2, -0.15) is 0 Å². The van der Waals surface area contributed by atoms with Crippen LogP contribution in [0.4, 0.5) is 0 Å². The molecule has 0 spiro atoms. The Kier molecular flexibility index (Phi) is 2.41. The quantitative estimate of drug-likeness (QED) is 0.751. The van der Waals surface area contributed by atoms with Gasteiger partial charge >= 0.3 is 0 Å². The molecule has 1 nitrogen and oxygen atoms in total. The average molecular weight is 221 g/mol. The van der Waals surface area contributed by atoms with Crippen LogP contribution in [0.25, 0.3) is 0 Å². The molecule has 0 aromatic carbocycles. The second-order valence-corrected chi connectivity index (χ2v) is 8.11. The first-order chi connectivity index (χ1) is 7.44. The van der Waals surface area contributed by atoms with Crippen molar-refractivity contribution in [3.63, 3.8) is 0 Å². The van der Waals surface area contributed by atoms with E-state index in [1.54, 1.807) is 19.3 Å². The molecule has 4 bridgehead atoms. The van der Waals surface area contributed by atoms with Crippen LogP contribution in [-0.4, -0.2) is 12.1 Å². The lowest BCUT2D eigenvalue weighted by Gasteiger charge is -2.57. The summed E-state index contributed by atoms with van der Waals surface area (Å²) in [5.74, 6) is 3.20. The first-order valence-corrected chi connectivity index (χ1v) is 7.19. The van der Waals surface area contributed by atoms with Crippen molar-refractivity contribution in [1.82, 2.24) is 5.32 Å². The van der Waals surface area contributed by atoms with E-state index in [-0.39, 0.29) is 0 Å². The Hall–Kier alpha value is -0.0400. The lowest BCUT2D eigenvalue weighted by molar-refractivity contribution is -0.0230. The van der Waals surface area contributed by atoms with E-state index in [4.69, 9.17) is 0 Å². The first kappa shape index (κ1) is 11.1. The van der Waals surface area contributed by atoms with E-state index in [1.165, 1.54) is 25.8 Å². The molecule has 4 aliphatic carbocycles. The fraction of sp³-hybridized carbons (Fsp3) is 1.00. The Balaban J connectivity index is 1.69. The second kappa shape index (κ2) is 3.48. The highest BCUT2D eigenvalue weighted by atomic mass is 15.0. The van der Waals surface area contributed by atoms with Gasteiger partial charge < -0.3 is 5.32 Å². The highest BCUT2D eigenvalue weighted by Crippen LogP contribution is 2.55. The smallest absolute Gasteiger partial charge is 0.0189 e. The van der Waals surface area contributed by atoms with Crippen LogP contribution < -0.4 is 5.32 Å². The molecule has 0 aromatic heterocycles. The largest absolute Gasteiger partial charge is 0.311 e. The van der Waals surface area contributed by atoms with E-state index in [2.05, 4.69) is 26.1 Å². The fourth-order valence-corrected chi connectivity index (χ4v) is 4.78. The van der Waals surface area contributed by atoms with Gasteiger partial charge in [-0.1, -0.05) is 20.8 Å². The van der Waals surface area contributed by atoms with Crippen molar-refractivity contribution in [2.75, 3.05) is 6.54 Å². The maximum Gasteiger partial charge on any atom is 0.0189 e. The Morgan fingerprint density at radius 1 is 0.938 bits per heavy atom. The van der Waals surface area contributed by atoms with Crippen molar-refractivity contribution in [2.24, 2.45) is 23.2 Å². The summed E-state index contributed by atoms with van der Waals surface area (Å²) in [5, 5.41) is 3.97. The van der Waals surface area contributed by atoms with Crippen molar-refractivity contribution in [3.8, 4) is 0 Å². The second-order valence-electron chi connectivity index (χ2n) is 8.11. The van der Waals surface area contributed by atoms with Gasteiger partial charge in [0.05, 0.1) is 0 Å². The molecule has 4 saturated carbocycles. The van der Waals surface area contributed by atoms with Crippen LogP contribution in [0.1, 0.15) is 59.3 Å². The molecule has 0 aromatic rings. The monoisotopic (exact) mass is 221 g/mol. The SMILES string of the molecule is CC(C)(C)CNC12CC3CC(CC(C3)C1)C2. The molecule has 0 radical (unpaired) electrons. The maximum absolute atomic E-state index is 3.97. The van der Waals surface area contributed by atoms with E-state index in [0.29, 0.717) is 11.0 Å². The highest BCUT2D eigenvalue weighted by Gasteiger charge is 2.50. The molecule has 1 N–H and O–H groups in total. The van der Waals surface area contributed by atoms with Crippen molar-refractivity contribution < 1.29 is 0 Å². The van der Waals surface area contributed by atoms with E-state index in [1.807, 2.05) is 0 Å². The topological polar surface area (TPSA) is 12.0 Å². The first-order valence-electron chi connectivity index (χ1n) is 7.19. The summed E-state index contributed by atoms with van der Waals surface area (Å²) in [4.78, 5) is 0. The molecule has 0 heterocycles. The molecule has 4 rings (SSSR count). The lowest BCUT2D eigenvalue weighted by Crippen LogP contribution is -2.59. The minimum atomic E-state index is 0.434. The summed E-state index contributed by atoms with van der Waals surface area (Å²) in [7, 11) is 0. The van der Waals surface area contributed by atoms with E-state index in [0.717, 1.165) is 17.8 Å². The Morgan fingerprint density at radius 2 is 1.38 bits per heavy atom. The zero-order valence-corrected chi connectivity index (χ0v) is 11.2. The number of nitrogens with one attached hydrogen (secondary N) is 1. The zero-order valence-electron chi connectivity index (χ0n) is 11.2. The van der Waals surface area contributed by atoms with Gasteiger partial charge in [0.1, 0.15) is 0 Å². The van der Waals surface area contributed by atoms with Crippen molar-refractivity contribution in [1.29, 1.82) is 0 Å². The van der Waals surface area contributed by atoms with Gasteiger partial charge in [-0.15, -0.1) is 0 Å². The standard InChI is InChI=1S/C15H27N/c1-14(2,3)10-16-15-7-11-4-12(8-15)6-13(5-11)9-15/h11-13,16H,4-10H2,1-3H3. The number of hydrogen-bond donors (Lipinski definition) is 1. The predicted octanol–water partition coefficient (Wildman–Crippen LogP) is 3.59. The van der Waals surface area contributed by atoms with Gasteiger partial charge in [-0.25, -0.2) is 0 Å². The van der Waals surface area contributed by atoms with Crippen molar-refractivity contribution >= 4 is 0 Å². The van der Waals surface area contributed by atoms with Crippen molar-refractivity contribution in [2.45, 2.75) is 64.8 Å². The van der Waals surface area contributed by atoms with Crippen LogP contribution in [0.2, 0.25) is 0 Å². The Bertz CT molecular complexity index is 238. The molecule has 0 amide bonds. The van der Waals surface area contributed by atoms with E-state index < -0.39 is 0 Å². The number of rotatable bonds is 2.